The van der Waals surface area contributed by atoms with E-state index in [0.717, 1.165) is 36.9 Å². The summed E-state index contributed by atoms with van der Waals surface area (Å²) in [5.41, 5.74) is 7.05. The minimum atomic E-state index is -0.174. The van der Waals surface area contributed by atoms with Crippen LogP contribution >= 0.6 is 0 Å². The molecule has 0 amide bonds. The van der Waals surface area contributed by atoms with E-state index in [1.165, 1.54) is 0 Å². The molecule has 0 saturated carbocycles. The molecule has 1 aromatic heterocycles. The molecule has 0 aliphatic heterocycles. The summed E-state index contributed by atoms with van der Waals surface area (Å²) < 4.78 is 7.82. The highest BCUT2D eigenvalue weighted by molar-refractivity contribution is 5.51. The molecule has 2 N–H and O–H groups in total. The first kappa shape index (κ1) is 16.3. The van der Waals surface area contributed by atoms with Crippen molar-refractivity contribution in [1.82, 2.24) is 14.8 Å². The van der Waals surface area contributed by atoms with Crippen LogP contribution < -0.4 is 15.4 Å². The molecule has 22 heavy (non-hydrogen) atoms. The maximum absolute atomic E-state index is 5.92. The van der Waals surface area contributed by atoms with Crippen LogP contribution in [0.25, 0.3) is 0 Å². The minimum Gasteiger partial charge on any atom is -0.424 e. The number of anilines is 1. The van der Waals surface area contributed by atoms with Crippen LogP contribution in [0.5, 0.6) is 11.8 Å². The van der Waals surface area contributed by atoms with Gasteiger partial charge >= 0.3 is 6.01 Å². The molecule has 0 radical (unpaired) electrons. The molecule has 0 saturated heterocycles. The number of aromatic nitrogens is 3. The summed E-state index contributed by atoms with van der Waals surface area (Å²) >= 11 is 0. The Kier molecular flexibility index (Phi) is 5.38. The largest absolute Gasteiger partial charge is 0.424 e. The first-order valence-electron chi connectivity index (χ1n) is 7.82. The predicted molar refractivity (Wildman–Crippen MR) is 88.4 cm³/mol. The second-order valence-electron chi connectivity index (χ2n) is 5.15. The van der Waals surface area contributed by atoms with Crippen LogP contribution in [0.4, 0.5) is 5.69 Å². The third kappa shape index (κ3) is 3.39. The van der Waals surface area contributed by atoms with Gasteiger partial charge in [0.2, 0.25) is 0 Å². The third-order valence-electron chi connectivity index (χ3n) is 3.62. The first-order valence-corrected chi connectivity index (χ1v) is 7.82. The molecule has 2 aromatic rings. The Morgan fingerprint density at radius 1 is 1.23 bits per heavy atom. The second kappa shape index (κ2) is 7.26. The maximum Gasteiger partial charge on any atom is 0.322 e. The Labute approximate surface area is 131 Å². The van der Waals surface area contributed by atoms with Gasteiger partial charge in [-0.3, -0.25) is 4.57 Å². The Morgan fingerprint density at radius 2 is 1.95 bits per heavy atom. The van der Waals surface area contributed by atoms with E-state index < -0.39 is 0 Å². The predicted octanol–water partition coefficient (Wildman–Crippen LogP) is 2.96. The van der Waals surface area contributed by atoms with Gasteiger partial charge in [0.25, 0.3) is 0 Å². The molecule has 1 aromatic carbocycles. The minimum absolute atomic E-state index is 0.174. The van der Waals surface area contributed by atoms with Gasteiger partial charge in [0.1, 0.15) is 5.75 Å². The molecule has 0 aliphatic rings. The van der Waals surface area contributed by atoms with E-state index in [0.29, 0.717) is 6.01 Å². The van der Waals surface area contributed by atoms with Gasteiger partial charge in [-0.1, -0.05) is 11.2 Å². The highest BCUT2D eigenvalue weighted by atomic mass is 16.5. The highest BCUT2D eigenvalue weighted by Crippen LogP contribution is 2.26. The average Bonchev–Trinajstić information content (AvgIpc) is 2.92. The van der Waals surface area contributed by atoms with Crippen LogP contribution in [0.15, 0.2) is 24.3 Å². The van der Waals surface area contributed by atoms with Crippen molar-refractivity contribution in [3.8, 4) is 11.8 Å². The molecule has 2 rings (SSSR count). The normalized spacial score (nSPS) is 12.2. The highest BCUT2D eigenvalue weighted by Gasteiger charge is 2.15. The number of benzene rings is 1. The SMILES string of the molecule is CCN(CC)c1cccc(Oc2nnc([C@@H](C)N)n2CC)c1. The molecule has 0 aliphatic carbocycles. The van der Waals surface area contributed by atoms with Gasteiger partial charge in [0.15, 0.2) is 5.82 Å². The summed E-state index contributed by atoms with van der Waals surface area (Å²) in [6.07, 6.45) is 0. The van der Waals surface area contributed by atoms with E-state index in [1.54, 1.807) is 0 Å². The quantitative estimate of drug-likeness (QED) is 0.851. The van der Waals surface area contributed by atoms with Crippen molar-refractivity contribution >= 4 is 5.69 Å². The summed E-state index contributed by atoms with van der Waals surface area (Å²) in [5, 5.41) is 8.24. The third-order valence-corrected chi connectivity index (χ3v) is 3.62. The van der Waals surface area contributed by atoms with Crippen LogP contribution in [0.1, 0.15) is 39.6 Å². The molecule has 1 heterocycles. The molecule has 6 nitrogen and oxygen atoms in total. The maximum atomic E-state index is 5.92. The molecule has 0 bridgehead atoms. The van der Waals surface area contributed by atoms with Crippen LogP contribution in [0.2, 0.25) is 0 Å². The zero-order valence-electron chi connectivity index (χ0n) is 13.8. The van der Waals surface area contributed by atoms with E-state index >= 15 is 0 Å². The molecule has 120 valence electrons. The molecule has 0 spiro atoms. The van der Waals surface area contributed by atoms with Crippen LogP contribution in [0, 0.1) is 0 Å². The summed E-state index contributed by atoms with van der Waals surface area (Å²) in [5.74, 6) is 1.49. The fourth-order valence-corrected chi connectivity index (χ4v) is 2.45. The lowest BCUT2D eigenvalue weighted by Gasteiger charge is -2.21. The number of hydrogen-bond donors (Lipinski definition) is 1. The number of hydrogen-bond acceptors (Lipinski definition) is 5. The lowest BCUT2D eigenvalue weighted by Crippen LogP contribution is -2.21. The average molecular weight is 303 g/mol. The van der Waals surface area contributed by atoms with Gasteiger partial charge in [0.05, 0.1) is 6.04 Å². The summed E-state index contributed by atoms with van der Waals surface area (Å²) in [7, 11) is 0. The van der Waals surface area contributed by atoms with Crippen molar-refractivity contribution in [2.24, 2.45) is 5.73 Å². The molecule has 6 heteroatoms. The fraction of sp³-hybridized carbons (Fsp3) is 0.500. The summed E-state index contributed by atoms with van der Waals surface area (Å²) in [6.45, 7) is 10.8. The smallest absolute Gasteiger partial charge is 0.322 e. The van der Waals surface area contributed by atoms with E-state index in [-0.39, 0.29) is 6.04 Å². The number of ether oxygens (including phenoxy) is 1. The molecule has 0 unspecified atom stereocenters. The molecule has 1 atom stereocenters. The van der Waals surface area contributed by atoms with Gasteiger partial charge in [-0.2, -0.15) is 0 Å². The number of nitrogens with two attached hydrogens (primary N) is 1. The van der Waals surface area contributed by atoms with Crippen molar-refractivity contribution in [3.05, 3.63) is 30.1 Å². The standard InChI is InChI=1S/C16H25N5O/c1-5-20(6-2)13-9-8-10-14(11-13)22-16-19-18-15(12(4)17)21(16)7-3/h8-12H,5-7,17H2,1-4H3/t12-/m1/s1. The van der Waals surface area contributed by atoms with Gasteiger partial charge < -0.3 is 15.4 Å². The Bertz CT molecular complexity index is 604. The van der Waals surface area contributed by atoms with Gasteiger partial charge in [0, 0.05) is 31.4 Å². The van der Waals surface area contributed by atoms with Crippen LogP contribution in [-0.2, 0) is 6.54 Å². The second-order valence-corrected chi connectivity index (χ2v) is 5.15. The van der Waals surface area contributed by atoms with E-state index in [2.05, 4.69) is 35.0 Å². The van der Waals surface area contributed by atoms with Crippen molar-refractivity contribution < 1.29 is 4.74 Å². The lowest BCUT2D eigenvalue weighted by atomic mass is 10.2. The van der Waals surface area contributed by atoms with Gasteiger partial charge in [-0.15, -0.1) is 5.10 Å². The van der Waals surface area contributed by atoms with Crippen molar-refractivity contribution in [2.75, 3.05) is 18.0 Å². The van der Waals surface area contributed by atoms with Crippen molar-refractivity contribution in [3.63, 3.8) is 0 Å². The fourth-order valence-electron chi connectivity index (χ4n) is 2.45. The monoisotopic (exact) mass is 303 g/mol. The van der Waals surface area contributed by atoms with Gasteiger partial charge in [-0.25, -0.2) is 0 Å². The first-order chi connectivity index (χ1) is 10.6. The molecule has 0 fully saturated rings. The molecular formula is C16H25N5O. The molecular weight excluding hydrogens is 278 g/mol. The van der Waals surface area contributed by atoms with Crippen LogP contribution in [-0.4, -0.2) is 27.9 Å². The van der Waals surface area contributed by atoms with Crippen molar-refractivity contribution in [2.45, 2.75) is 40.3 Å². The van der Waals surface area contributed by atoms with Gasteiger partial charge in [-0.05, 0) is 39.8 Å². The Hall–Kier alpha value is -2.08. The zero-order chi connectivity index (χ0) is 16.1. The Balaban J connectivity index is 2.26. The zero-order valence-corrected chi connectivity index (χ0v) is 13.8. The number of rotatable bonds is 7. The lowest BCUT2D eigenvalue weighted by molar-refractivity contribution is 0.409. The van der Waals surface area contributed by atoms with Crippen LogP contribution in [0.3, 0.4) is 0 Å². The number of nitrogens with zero attached hydrogens (tertiary/aromatic N) is 4. The van der Waals surface area contributed by atoms with E-state index in [9.17, 15) is 0 Å². The summed E-state index contributed by atoms with van der Waals surface area (Å²) in [6, 6.07) is 8.32. The van der Waals surface area contributed by atoms with E-state index in [4.69, 9.17) is 10.5 Å². The van der Waals surface area contributed by atoms with Crippen molar-refractivity contribution in [1.29, 1.82) is 0 Å². The topological polar surface area (TPSA) is 69.2 Å². The Morgan fingerprint density at radius 3 is 2.55 bits per heavy atom. The van der Waals surface area contributed by atoms with E-state index in [1.807, 2.05) is 36.6 Å². The summed E-state index contributed by atoms with van der Waals surface area (Å²) in [4.78, 5) is 2.27.